The Morgan fingerprint density at radius 3 is 2.71 bits per heavy atom. The van der Waals surface area contributed by atoms with Crippen LogP contribution in [0.3, 0.4) is 0 Å². The maximum absolute atomic E-state index is 11.6. The molecule has 0 amide bonds. The van der Waals surface area contributed by atoms with Gasteiger partial charge in [-0.05, 0) is 12.3 Å². The van der Waals surface area contributed by atoms with Crippen LogP contribution >= 0.6 is 0 Å². The zero-order chi connectivity index (χ0) is 12.8. The molecule has 0 spiro atoms. The van der Waals surface area contributed by atoms with Crippen LogP contribution in [-0.2, 0) is 6.54 Å². The van der Waals surface area contributed by atoms with Gasteiger partial charge in [0.25, 0.3) is 5.56 Å². The maximum atomic E-state index is 11.6. The van der Waals surface area contributed by atoms with Gasteiger partial charge in [-0.3, -0.25) is 14.3 Å². The number of hydrogen-bond acceptors (Lipinski definition) is 3. The van der Waals surface area contributed by atoms with Gasteiger partial charge in [0.2, 0.25) is 0 Å². The maximum Gasteiger partial charge on any atom is 0.328 e. The normalized spacial score (nSPS) is 12.6. The Hall–Kier alpha value is -1.52. The van der Waals surface area contributed by atoms with E-state index < -0.39 is 5.56 Å². The highest BCUT2D eigenvalue weighted by Gasteiger charge is 2.09. The van der Waals surface area contributed by atoms with Gasteiger partial charge < -0.3 is 5.73 Å². The van der Waals surface area contributed by atoms with Crippen molar-refractivity contribution in [1.29, 1.82) is 0 Å². The van der Waals surface area contributed by atoms with E-state index in [-0.39, 0.29) is 11.4 Å². The minimum Gasteiger partial charge on any atom is -0.393 e. The van der Waals surface area contributed by atoms with E-state index in [4.69, 9.17) is 5.73 Å². The summed E-state index contributed by atoms with van der Waals surface area (Å²) in [4.78, 5) is 24.9. The minimum absolute atomic E-state index is 0.0925. The molecule has 1 unspecified atom stereocenters. The molecular weight excluding hydrogens is 218 g/mol. The first-order valence-corrected chi connectivity index (χ1v) is 6.17. The zero-order valence-electron chi connectivity index (χ0n) is 10.5. The lowest BCUT2D eigenvalue weighted by atomic mass is 9.99. The number of hydrogen-bond donors (Lipinski definition) is 2. The Balaban J connectivity index is 2.82. The van der Waals surface area contributed by atoms with Crippen molar-refractivity contribution in [2.45, 2.75) is 46.1 Å². The van der Waals surface area contributed by atoms with Gasteiger partial charge in [0.1, 0.15) is 5.69 Å². The summed E-state index contributed by atoms with van der Waals surface area (Å²) < 4.78 is 1.50. The Kier molecular flexibility index (Phi) is 5.00. The first-order chi connectivity index (χ1) is 8.08. The first-order valence-electron chi connectivity index (χ1n) is 6.17. The Morgan fingerprint density at radius 1 is 1.41 bits per heavy atom. The van der Waals surface area contributed by atoms with Crippen molar-refractivity contribution in [1.82, 2.24) is 9.55 Å². The fourth-order valence-electron chi connectivity index (χ4n) is 1.86. The number of unbranched alkanes of at least 4 members (excludes halogenated alkanes) is 1. The molecule has 0 fully saturated rings. The Labute approximate surface area is 101 Å². The standard InChI is InChI=1S/C12H21N3O2/c1-3-5-6-9(4-2)7-15-8-10(13)11(16)14-12(15)17/h8-9H,3-7,13H2,1-2H3,(H,14,16,17). The lowest BCUT2D eigenvalue weighted by molar-refractivity contribution is 0.382. The summed E-state index contributed by atoms with van der Waals surface area (Å²) in [6.07, 6.45) is 5.87. The molecule has 1 aromatic heterocycles. The van der Waals surface area contributed by atoms with E-state index in [1.54, 1.807) is 0 Å². The van der Waals surface area contributed by atoms with Crippen LogP contribution < -0.4 is 17.0 Å². The van der Waals surface area contributed by atoms with Crippen LogP contribution in [0, 0.1) is 5.92 Å². The van der Waals surface area contributed by atoms with Gasteiger partial charge >= 0.3 is 5.69 Å². The van der Waals surface area contributed by atoms with Gasteiger partial charge in [0.05, 0.1) is 0 Å². The van der Waals surface area contributed by atoms with Crippen molar-refractivity contribution < 1.29 is 0 Å². The van der Waals surface area contributed by atoms with Crippen molar-refractivity contribution in [2.75, 3.05) is 5.73 Å². The molecule has 0 saturated heterocycles. The van der Waals surface area contributed by atoms with E-state index in [2.05, 4.69) is 18.8 Å². The topological polar surface area (TPSA) is 80.9 Å². The van der Waals surface area contributed by atoms with Crippen molar-refractivity contribution in [3.05, 3.63) is 27.0 Å². The van der Waals surface area contributed by atoms with E-state index in [0.29, 0.717) is 12.5 Å². The highest BCUT2D eigenvalue weighted by molar-refractivity contribution is 5.30. The Bertz CT molecular complexity index is 462. The summed E-state index contributed by atoms with van der Waals surface area (Å²) >= 11 is 0. The summed E-state index contributed by atoms with van der Waals surface area (Å²) in [6, 6.07) is 0. The lowest BCUT2D eigenvalue weighted by Crippen LogP contribution is -2.32. The molecule has 5 heteroatoms. The van der Waals surface area contributed by atoms with Gasteiger partial charge in [-0.25, -0.2) is 4.79 Å². The molecule has 1 atom stereocenters. The average molecular weight is 239 g/mol. The van der Waals surface area contributed by atoms with Gasteiger partial charge in [0, 0.05) is 12.7 Å². The molecule has 0 saturated carbocycles. The predicted octanol–water partition coefficient (Wildman–Crippen LogP) is 1.34. The molecule has 1 aromatic rings. The number of nitrogens with zero attached hydrogens (tertiary/aromatic N) is 1. The van der Waals surface area contributed by atoms with Crippen LogP contribution in [-0.4, -0.2) is 9.55 Å². The average Bonchev–Trinajstić information content (AvgIpc) is 2.30. The molecule has 0 aliphatic rings. The molecule has 0 aliphatic carbocycles. The summed E-state index contributed by atoms with van der Waals surface area (Å²) in [5, 5.41) is 0. The number of nitrogens with one attached hydrogen (secondary N) is 1. The van der Waals surface area contributed by atoms with E-state index in [1.807, 2.05) is 0 Å². The quantitative estimate of drug-likeness (QED) is 0.786. The molecule has 17 heavy (non-hydrogen) atoms. The van der Waals surface area contributed by atoms with E-state index in [1.165, 1.54) is 10.8 Å². The number of anilines is 1. The molecule has 1 heterocycles. The van der Waals surface area contributed by atoms with E-state index in [0.717, 1.165) is 25.7 Å². The molecular formula is C12H21N3O2. The molecule has 5 nitrogen and oxygen atoms in total. The molecule has 3 N–H and O–H groups in total. The molecule has 0 bridgehead atoms. The van der Waals surface area contributed by atoms with Crippen molar-refractivity contribution >= 4 is 5.69 Å². The third-order valence-electron chi connectivity index (χ3n) is 3.04. The smallest absolute Gasteiger partial charge is 0.328 e. The number of nitrogen functional groups attached to an aromatic ring is 1. The minimum atomic E-state index is -0.507. The van der Waals surface area contributed by atoms with Crippen molar-refractivity contribution in [2.24, 2.45) is 5.92 Å². The van der Waals surface area contributed by atoms with Crippen LogP contribution in [0.5, 0.6) is 0 Å². The van der Waals surface area contributed by atoms with Crippen LogP contribution in [0.1, 0.15) is 39.5 Å². The number of rotatable bonds is 6. The number of aromatic amines is 1. The summed E-state index contributed by atoms with van der Waals surface area (Å²) in [6.45, 7) is 4.88. The number of nitrogens with two attached hydrogens (primary N) is 1. The van der Waals surface area contributed by atoms with Crippen molar-refractivity contribution in [3.63, 3.8) is 0 Å². The van der Waals surface area contributed by atoms with Crippen molar-refractivity contribution in [3.8, 4) is 0 Å². The Morgan fingerprint density at radius 2 is 2.12 bits per heavy atom. The van der Waals surface area contributed by atoms with Gasteiger partial charge in [0.15, 0.2) is 0 Å². The van der Waals surface area contributed by atoms with Gasteiger partial charge in [-0.15, -0.1) is 0 Å². The first kappa shape index (κ1) is 13.5. The van der Waals surface area contributed by atoms with E-state index >= 15 is 0 Å². The molecule has 0 radical (unpaired) electrons. The largest absolute Gasteiger partial charge is 0.393 e. The SMILES string of the molecule is CCCCC(CC)Cn1cc(N)c(=O)[nH]c1=O. The highest BCUT2D eigenvalue weighted by Crippen LogP contribution is 2.14. The second-order valence-electron chi connectivity index (χ2n) is 4.41. The monoisotopic (exact) mass is 239 g/mol. The van der Waals surface area contributed by atoms with Gasteiger partial charge in [-0.1, -0.05) is 33.1 Å². The number of H-pyrrole nitrogens is 1. The van der Waals surface area contributed by atoms with Crippen LogP contribution in [0.15, 0.2) is 15.8 Å². The van der Waals surface area contributed by atoms with Crippen LogP contribution in [0.4, 0.5) is 5.69 Å². The van der Waals surface area contributed by atoms with Gasteiger partial charge in [-0.2, -0.15) is 0 Å². The lowest BCUT2D eigenvalue weighted by Gasteiger charge is -2.15. The zero-order valence-corrected chi connectivity index (χ0v) is 10.5. The predicted molar refractivity (Wildman–Crippen MR) is 69.0 cm³/mol. The molecule has 0 aromatic carbocycles. The summed E-state index contributed by atoms with van der Waals surface area (Å²) in [5.74, 6) is 0.456. The fraction of sp³-hybridized carbons (Fsp3) is 0.667. The summed E-state index contributed by atoms with van der Waals surface area (Å²) in [5.41, 5.74) is 4.71. The van der Waals surface area contributed by atoms with Crippen LogP contribution in [0.25, 0.3) is 0 Å². The number of aromatic nitrogens is 2. The highest BCUT2D eigenvalue weighted by atomic mass is 16.2. The molecule has 0 aliphatic heterocycles. The third-order valence-corrected chi connectivity index (χ3v) is 3.04. The fourth-order valence-corrected chi connectivity index (χ4v) is 1.86. The second kappa shape index (κ2) is 6.27. The van der Waals surface area contributed by atoms with Crippen LogP contribution in [0.2, 0.25) is 0 Å². The molecule has 96 valence electrons. The molecule has 1 rings (SSSR count). The summed E-state index contributed by atoms with van der Waals surface area (Å²) in [7, 11) is 0. The second-order valence-corrected chi connectivity index (χ2v) is 4.41. The van der Waals surface area contributed by atoms with E-state index in [9.17, 15) is 9.59 Å². The third kappa shape index (κ3) is 3.76.